The van der Waals surface area contributed by atoms with Crippen LogP contribution < -0.4 is 5.32 Å². The number of carbonyl (C=O) groups excluding carboxylic acids is 1. The summed E-state index contributed by atoms with van der Waals surface area (Å²) in [6.45, 7) is 12.0. The van der Waals surface area contributed by atoms with E-state index in [9.17, 15) is 4.79 Å². The first-order chi connectivity index (χ1) is 11.0. The number of rotatable bonds is 6. The van der Waals surface area contributed by atoms with Crippen LogP contribution in [0.25, 0.3) is 0 Å². The SMILES string of the molecule is CCC(=O)N1CCC(NC(C)c2nc(C(C)C)no2)C(CC)C1. The molecule has 6 nitrogen and oxygen atoms in total. The molecule has 1 saturated heterocycles. The molecule has 1 aromatic heterocycles. The summed E-state index contributed by atoms with van der Waals surface area (Å²) in [5.41, 5.74) is 0. The van der Waals surface area contributed by atoms with E-state index in [0.29, 0.717) is 24.3 Å². The van der Waals surface area contributed by atoms with Gasteiger partial charge in [0, 0.05) is 31.5 Å². The van der Waals surface area contributed by atoms with Crippen LogP contribution in [0.3, 0.4) is 0 Å². The van der Waals surface area contributed by atoms with Crippen molar-refractivity contribution in [3.05, 3.63) is 11.7 Å². The highest BCUT2D eigenvalue weighted by molar-refractivity contribution is 5.75. The number of likely N-dealkylation sites (tertiary alicyclic amines) is 1. The number of nitrogens with zero attached hydrogens (tertiary/aromatic N) is 3. The van der Waals surface area contributed by atoms with E-state index in [2.05, 4.69) is 43.2 Å². The van der Waals surface area contributed by atoms with Gasteiger partial charge in [-0.2, -0.15) is 4.98 Å². The number of amides is 1. The van der Waals surface area contributed by atoms with Gasteiger partial charge >= 0.3 is 0 Å². The van der Waals surface area contributed by atoms with E-state index in [1.54, 1.807) is 0 Å². The minimum Gasteiger partial charge on any atom is -0.342 e. The topological polar surface area (TPSA) is 71.3 Å². The first-order valence-electron chi connectivity index (χ1n) is 8.83. The number of aromatic nitrogens is 2. The third-order valence-corrected chi connectivity index (χ3v) is 4.72. The van der Waals surface area contributed by atoms with Crippen molar-refractivity contribution >= 4 is 5.91 Å². The molecule has 0 spiro atoms. The lowest BCUT2D eigenvalue weighted by atomic mass is 9.89. The monoisotopic (exact) mass is 322 g/mol. The molecule has 130 valence electrons. The Morgan fingerprint density at radius 1 is 1.39 bits per heavy atom. The van der Waals surface area contributed by atoms with Crippen molar-refractivity contribution in [3.63, 3.8) is 0 Å². The minimum absolute atomic E-state index is 0.0301. The highest BCUT2D eigenvalue weighted by Crippen LogP contribution is 2.24. The zero-order valence-corrected chi connectivity index (χ0v) is 15.0. The average Bonchev–Trinajstić information content (AvgIpc) is 3.04. The van der Waals surface area contributed by atoms with E-state index >= 15 is 0 Å². The van der Waals surface area contributed by atoms with Crippen LogP contribution in [-0.2, 0) is 4.79 Å². The van der Waals surface area contributed by atoms with Crippen LogP contribution in [0.4, 0.5) is 0 Å². The zero-order chi connectivity index (χ0) is 17.0. The summed E-state index contributed by atoms with van der Waals surface area (Å²) in [7, 11) is 0. The molecule has 0 aliphatic carbocycles. The van der Waals surface area contributed by atoms with E-state index in [-0.39, 0.29) is 17.9 Å². The van der Waals surface area contributed by atoms with Crippen LogP contribution in [0.2, 0.25) is 0 Å². The van der Waals surface area contributed by atoms with Gasteiger partial charge < -0.3 is 14.7 Å². The molecule has 0 aromatic carbocycles. The molecule has 23 heavy (non-hydrogen) atoms. The lowest BCUT2D eigenvalue weighted by molar-refractivity contribution is -0.133. The summed E-state index contributed by atoms with van der Waals surface area (Å²) in [5, 5.41) is 7.67. The Labute approximate surface area is 139 Å². The third-order valence-electron chi connectivity index (χ3n) is 4.72. The van der Waals surface area contributed by atoms with Gasteiger partial charge in [0.1, 0.15) is 0 Å². The summed E-state index contributed by atoms with van der Waals surface area (Å²) >= 11 is 0. The molecule has 2 heterocycles. The fraction of sp³-hybridized carbons (Fsp3) is 0.824. The second kappa shape index (κ2) is 7.90. The van der Waals surface area contributed by atoms with Gasteiger partial charge in [-0.15, -0.1) is 0 Å². The van der Waals surface area contributed by atoms with Gasteiger partial charge in [0.05, 0.1) is 6.04 Å². The highest BCUT2D eigenvalue weighted by atomic mass is 16.5. The van der Waals surface area contributed by atoms with Gasteiger partial charge in [-0.1, -0.05) is 39.3 Å². The van der Waals surface area contributed by atoms with Crippen molar-refractivity contribution in [2.45, 2.75) is 71.9 Å². The van der Waals surface area contributed by atoms with Crippen molar-refractivity contribution in [1.82, 2.24) is 20.4 Å². The van der Waals surface area contributed by atoms with Crippen LogP contribution in [0, 0.1) is 5.92 Å². The van der Waals surface area contributed by atoms with Crippen LogP contribution in [0.1, 0.15) is 77.6 Å². The molecule has 0 saturated carbocycles. The maximum atomic E-state index is 11.9. The fourth-order valence-corrected chi connectivity index (χ4v) is 3.17. The molecule has 3 unspecified atom stereocenters. The van der Waals surface area contributed by atoms with Crippen molar-refractivity contribution in [1.29, 1.82) is 0 Å². The quantitative estimate of drug-likeness (QED) is 0.872. The van der Waals surface area contributed by atoms with E-state index in [4.69, 9.17) is 4.52 Å². The molecule has 2 rings (SSSR count). The molecule has 0 radical (unpaired) electrons. The summed E-state index contributed by atoms with van der Waals surface area (Å²) < 4.78 is 5.39. The first-order valence-corrected chi connectivity index (χ1v) is 8.83. The van der Waals surface area contributed by atoms with Crippen LogP contribution >= 0.6 is 0 Å². The molecule has 1 amide bonds. The van der Waals surface area contributed by atoms with Crippen molar-refractivity contribution in [2.24, 2.45) is 5.92 Å². The van der Waals surface area contributed by atoms with E-state index in [1.807, 2.05) is 11.8 Å². The largest absolute Gasteiger partial charge is 0.342 e. The Morgan fingerprint density at radius 3 is 2.70 bits per heavy atom. The summed E-state index contributed by atoms with van der Waals surface area (Å²) in [5.74, 6) is 2.40. The van der Waals surface area contributed by atoms with E-state index in [0.717, 1.165) is 31.8 Å². The first kappa shape index (κ1) is 17.9. The Kier molecular flexibility index (Phi) is 6.16. The summed E-state index contributed by atoms with van der Waals surface area (Å²) in [4.78, 5) is 18.4. The number of carbonyl (C=O) groups is 1. The molecule has 1 aliphatic heterocycles. The predicted molar refractivity (Wildman–Crippen MR) is 89.0 cm³/mol. The van der Waals surface area contributed by atoms with Crippen LogP contribution in [0.5, 0.6) is 0 Å². The summed E-state index contributed by atoms with van der Waals surface area (Å²) in [6.07, 6.45) is 2.61. The number of nitrogens with one attached hydrogen (secondary N) is 1. The molecule has 0 bridgehead atoms. The highest BCUT2D eigenvalue weighted by Gasteiger charge is 2.31. The second-order valence-electron chi connectivity index (χ2n) is 6.79. The molecule has 1 fully saturated rings. The maximum Gasteiger partial charge on any atom is 0.243 e. The van der Waals surface area contributed by atoms with Crippen molar-refractivity contribution in [3.8, 4) is 0 Å². The van der Waals surface area contributed by atoms with Gasteiger partial charge in [-0.3, -0.25) is 4.79 Å². The molecular formula is C17H30N4O2. The molecule has 3 atom stereocenters. The molecule has 6 heteroatoms. The normalized spacial score (nSPS) is 23.3. The molecule has 1 N–H and O–H groups in total. The van der Waals surface area contributed by atoms with Crippen molar-refractivity contribution in [2.75, 3.05) is 13.1 Å². The zero-order valence-electron chi connectivity index (χ0n) is 15.0. The van der Waals surface area contributed by atoms with Gasteiger partial charge in [-0.05, 0) is 19.3 Å². The Hall–Kier alpha value is -1.43. The third kappa shape index (κ3) is 4.31. The molecule has 1 aromatic rings. The Morgan fingerprint density at radius 2 is 2.13 bits per heavy atom. The fourth-order valence-electron chi connectivity index (χ4n) is 3.17. The number of hydrogen-bond donors (Lipinski definition) is 1. The van der Waals surface area contributed by atoms with Gasteiger partial charge in [-0.25, -0.2) is 0 Å². The van der Waals surface area contributed by atoms with Crippen molar-refractivity contribution < 1.29 is 9.32 Å². The lowest BCUT2D eigenvalue weighted by Crippen LogP contribution is -2.51. The average molecular weight is 322 g/mol. The van der Waals surface area contributed by atoms with E-state index in [1.165, 1.54) is 0 Å². The van der Waals surface area contributed by atoms with Crippen LogP contribution in [0.15, 0.2) is 4.52 Å². The predicted octanol–water partition coefficient (Wildman–Crippen LogP) is 2.88. The second-order valence-corrected chi connectivity index (χ2v) is 6.79. The maximum absolute atomic E-state index is 11.9. The standard InChI is InChI=1S/C17H30N4O2/c1-6-13-10-21(15(22)7-2)9-8-14(13)18-12(5)17-19-16(11(3)4)20-23-17/h11-14,18H,6-10H2,1-5H3. The molecule has 1 aliphatic rings. The number of hydrogen-bond acceptors (Lipinski definition) is 5. The van der Waals surface area contributed by atoms with E-state index < -0.39 is 0 Å². The minimum atomic E-state index is 0.0301. The Balaban J connectivity index is 1.97. The number of piperidine rings is 1. The lowest BCUT2D eigenvalue weighted by Gasteiger charge is -2.39. The van der Waals surface area contributed by atoms with Crippen LogP contribution in [-0.4, -0.2) is 40.1 Å². The Bertz CT molecular complexity index is 514. The smallest absolute Gasteiger partial charge is 0.243 e. The van der Waals surface area contributed by atoms with Gasteiger partial charge in [0.25, 0.3) is 0 Å². The molecular weight excluding hydrogens is 292 g/mol. The van der Waals surface area contributed by atoms with Gasteiger partial charge in [0.2, 0.25) is 11.8 Å². The summed E-state index contributed by atoms with van der Waals surface area (Å²) in [6, 6.07) is 0.410. The van der Waals surface area contributed by atoms with Gasteiger partial charge in [0.15, 0.2) is 5.82 Å².